The SMILES string of the molecule is COc1ccc(CN2C(=O)CN(c3ncc(OCc4c(C)cccc4C(F)(F)F)cn3)C2=O)cc1. The highest BCUT2D eigenvalue weighted by Gasteiger charge is 2.38. The van der Waals surface area contributed by atoms with Crippen LogP contribution in [0.1, 0.15) is 22.3 Å². The molecule has 4 rings (SSSR count). The third kappa shape index (κ3) is 5.18. The van der Waals surface area contributed by atoms with E-state index in [1.807, 2.05) is 0 Å². The number of urea groups is 1. The Hall–Kier alpha value is -4.15. The summed E-state index contributed by atoms with van der Waals surface area (Å²) in [6.45, 7) is 1.09. The molecule has 2 aromatic carbocycles. The number of halogens is 3. The molecule has 8 nitrogen and oxygen atoms in total. The number of ether oxygens (including phenoxy) is 2. The second kappa shape index (κ2) is 9.61. The summed E-state index contributed by atoms with van der Waals surface area (Å²) in [6.07, 6.45) is -2.01. The van der Waals surface area contributed by atoms with E-state index in [4.69, 9.17) is 9.47 Å². The molecule has 0 atom stereocenters. The highest BCUT2D eigenvalue weighted by molar-refractivity contribution is 6.11. The van der Waals surface area contributed by atoms with Crippen LogP contribution in [0, 0.1) is 6.92 Å². The maximum atomic E-state index is 13.3. The van der Waals surface area contributed by atoms with Crippen molar-refractivity contribution in [3.8, 4) is 11.5 Å². The van der Waals surface area contributed by atoms with E-state index in [0.717, 1.165) is 21.4 Å². The normalized spacial score (nSPS) is 14.0. The predicted octanol–water partition coefficient (Wildman–Crippen LogP) is 4.36. The summed E-state index contributed by atoms with van der Waals surface area (Å²) in [5, 5.41) is 0. The second-order valence-electron chi connectivity index (χ2n) is 7.80. The molecule has 0 aliphatic carbocycles. The topological polar surface area (TPSA) is 84.9 Å². The van der Waals surface area contributed by atoms with Crippen molar-refractivity contribution in [3.63, 3.8) is 0 Å². The van der Waals surface area contributed by atoms with Crippen LogP contribution in [-0.2, 0) is 24.1 Å². The van der Waals surface area contributed by atoms with E-state index in [1.165, 1.54) is 18.5 Å². The van der Waals surface area contributed by atoms with Gasteiger partial charge in [-0.3, -0.25) is 14.6 Å². The number of methoxy groups -OCH3 is 1. The number of alkyl halides is 3. The van der Waals surface area contributed by atoms with Crippen LogP contribution in [0.3, 0.4) is 0 Å². The van der Waals surface area contributed by atoms with E-state index in [1.54, 1.807) is 44.4 Å². The number of anilines is 1. The molecule has 0 bridgehead atoms. The van der Waals surface area contributed by atoms with Gasteiger partial charge in [0.15, 0.2) is 5.75 Å². The average molecular weight is 486 g/mol. The Labute approximate surface area is 198 Å². The molecule has 1 aromatic heterocycles. The molecule has 0 unspecified atom stereocenters. The fraction of sp³-hybridized carbons (Fsp3) is 0.250. The van der Waals surface area contributed by atoms with Crippen molar-refractivity contribution in [3.05, 3.63) is 77.1 Å². The number of hydrogen-bond acceptors (Lipinski definition) is 6. The molecule has 0 saturated carbocycles. The minimum Gasteiger partial charge on any atom is -0.497 e. The number of hydrogen-bond donors (Lipinski definition) is 0. The molecule has 2 heterocycles. The number of aryl methyl sites for hydroxylation is 1. The molecule has 1 saturated heterocycles. The lowest BCUT2D eigenvalue weighted by Crippen LogP contribution is -2.33. The zero-order chi connectivity index (χ0) is 25.2. The van der Waals surface area contributed by atoms with E-state index in [-0.39, 0.29) is 37.0 Å². The molecule has 35 heavy (non-hydrogen) atoms. The van der Waals surface area contributed by atoms with Crippen LogP contribution in [0.25, 0.3) is 0 Å². The van der Waals surface area contributed by atoms with Gasteiger partial charge < -0.3 is 9.47 Å². The molecule has 11 heteroatoms. The van der Waals surface area contributed by atoms with Crippen LogP contribution < -0.4 is 14.4 Å². The number of rotatable bonds is 7. The summed E-state index contributed by atoms with van der Waals surface area (Å²) in [7, 11) is 1.54. The van der Waals surface area contributed by atoms with Crippen LogP contribution >= 0.6 is 0 Å². The molecule has 1 fully saturated rings. The van der Waals surface area contributed by atoms with Crippen molar-refractivity contribution in [1.82, 2.24) is 14.9 Å². The molecule has 1 aliphatic rings. The maximum absolute atomic E-state index is 13.3. The van der Waals surface area contributed by atoms with E-state index >= 15 is 0 Å². The van der Waals surface area contributed by atoms with E-state index in [0.29, 0.717) is 11.3 Å². The van der Waals surface area contributed by atoms with Gasteiger partial charge in [0.1, 0.15) is 18.9 Å². The Morgan fingerprint density at radius 1 is 1.00 bits per heavy atom. The summed E-state index contributed by atoms with van der Waals surface area (Å²) >= 11 is 0. The number of carbonyl (C=O) groups excluding carboxylic acids is 2. The van der Waals surface area contributed by atoms with Crippen LogP contribution in [0.5, 0.6) is 11.5 Å². The molecule has 1 aliphatic heterocycles. The lowest BCUT2D eigenvalue weighted by atomic mass is 10.0. The lowest BCUT2D eigenvalue weighted by Gasteiger charge is -2.17. The third-order valence-corrected chi connectivity index (χ3v) is 5.51. The third-order valence-electron chi connectivity index (χ3n) is 5.51. The van der Waals surface area contributed by atoms with Gasteiger partial charge in [0.05, 0.1) is 31.6 Å². The Morgan fingerprint density at radius 2 is 1.69 bits per heavy atom. The number of nitrogens with zero attached hydrogens (tertiary/aromatic N) is 4. The van der Waals surface area contributed by atoms with E-state index in [9.17, 15) is 22.8 Å². The minimum atomic E-state index is -4.51. The molecule has 0 N–H and O–H groups in total. The van der Waals surface area contributed by atoms with Gasteiger partial charge in [-0.2, -0.15) is 13.2 Å². The summed E-state index contributed by atoms with van der Waals surface area (Å²) in [5.74, 6) is 0.356. The van der Waals surface area contributed by atoms with Crippen LogP contribution in [0.2, 0.25) is 0 Å². The molecule has 3 amide bonds. The average Bonchev–Trinajstić information content (AvgIpc) is 3.11. The first kappa shape index (κ1) is 24.0. The van der Waals surface area contributed by atoms with Crippen LogP contribution in [-0.4, -0.2) is 40.5 Å². The Kier molecular flexibility index (Phi) is 6.59. The predicted molar refractivity (Wildman–Crippen MR) is 119 cm³/mol. The maximum Gasteiger partial charge on any atom is 0.416 e. The van der Waals surface area contributed by atoms with Crippen LogP contribution in [0.15, 0.2) is 54.9 Å². The fourth-order valence-electron chi connectivity index (χ4n) is 3.60. The largest absolute Gasteiger partial charge is 0.497 e. The molecular weight excluding hydrogens is 465 g/mol. The van der Waals surface area contributed by atoms with Crippen molar-refractivity contribution in [2.45, 2.75) is 26.3 Å². The number of benzene rings is 2. The molecule has 0 spiro atoms. The summed E-state index contributed by atoms with van der Waals surface area (Å²) in [4.78, 5) is 35.6. The van der Waals surface area contributed by atoms with Gasteiger partial charge in [-0.15, -0.1) is 0 Å². The summed E-state index contributed by atoms with van der Waals surface area (Å²) < 4.78 is 50.5. The first-order valence-corrected chi connectivity index (χ1v) is 10.5. The zero-order valence-corrected chi connectivity index (χ0v) is 18.9. The number of aromatic nitrogens is 2. The van der Waals surface area contributed by atoms with Crippen molar-refractivity contribution in [1.29, 1.82) is 0 Å². The Morgan fingerprint density at radius 3 is 2.31 bits per heavy atom. The highest BCUT2D eigenvalue weighted by Crippen LogP contribution is 2.34. The van der Waals surface area contributed by atoms with Gasteiger partial charge in [0.25, 0.3) is 5.91 Å². The highest BCUT2D eigenvalue weighted by atomic mass is 19.4. The Bertz CT molecular complexity index is 1230. The zero-order valence-electron chi connectivity index (χ0n) is 18.9. The number of amides is 3. The van der Waals surface area contributed by atoms with Crippen molar-refractivity contribution >= 4 is 17.9 Å². The first-order chi connectivity index (χ1) is 16.7. The monoisotopic (exact) mass is 486 g/mol. The second-order valence-corrected chi connectivity index (χ2v) is 7.80. The van der Waals surface area contributed by atoms with E-state index < -0.39 is 23.7 Å². The quantitative estimate of drug-likeness (QED) is 0.462. The van der Waals surface area contributed by atoms with Gasteiger partial charge in [0.2, 0.25) is 5.95 Å². The van der Waals surface area contributed by atoms with E-state index in [2.05, 4.69) is 9.97 Å². The molecule has 3 aromatic rings. The van der Waals surface area contributed by atoms with Gasteiger partial charge >= 0.3 is 12.2 Å². The van der Waals surface area contributed by atoms with Crippen LogP contribution in [0.4, 0.5) is 23.9 Å². The van der Waals surface area contributed by atoms with Crippen molar-refractivity contribution < 1.29 is 32.2 Å². The molecular formula is C24H21F3N4O4. The van der Waals surface area contributed by atoms with Gasteiger partial charge in [-0.05, 0) is 36.2 Å². The Balaban J connectivity index is 1.43. The molecule has 0 radical (unpaired) electrons. The van der Waals surface area contributed by atoms with Crippen molar-refractivity contribution in [2.75, 3.05) is 18.6 Å². The standard InChI is InChI=1S/C24H21F3N4O4/c1-15-4-3-5-20(24(25,26)27)19(15)14-35-18-10-28-22(29-11-18)31-13-21(32)30(23(31)33)12-16-6-8-17(34-2)9-7-16/h3-11H,12-14H2,1-2H3. The molecule has 182 valence electrons. The van der Waals surface area contributed by atoms with Gasteiger partial charge in [0, 0.05) is 5.56 Å². The first-order valence-electron chi connectivity index (χ1n) is 10.5. The summed E-state index contributed by atoms with van der Waals surface area (Å²) in [6, 6.07) is 10.3. The lowest BCUT2D eigenvalue weighted by molar-refractivity contribution is -0.138. The number of carbonyl (C=O) groups is 2. The van der Waals surface area contributed by atoms with Gasteiger partial charge in [-0.1, -0.05) is 24.3 Å². The smallest absolute Gasteiger partial charge is 0.416 e. The van der Waals surface area contributed by atoms with Crippen molar-refractivity contribution in [2.24, 2.45) is 0 Å². The van der Waals surface area contributed by atoms with Gasteiger partial charge in [-0.25, -0.2) is 14.8 Å². The number of imide groups is 1. The fourth-order valence-corrected chi connectivity index (χ4v) is 3.60. The summed E-state index contributed by atoms with van der Waals surface area (Å²) in [5.41, 5.74) is 0.427. The minimum absolute atomic E-state index is 0.0126.